The average Bonchev–Trinajstić information content (AvgIpc) is 2.29. The third-order valence-corrected chi connectivity index (χ3v) is 2.19. The normalized spacial score (nSPS) is 11.1. The van der Waals surface area contributed by atoms with E-state index in [-0.39, 0.29) is 17.3 Å². The number of carbonyl (C=O) groups is 1. The lowest BCUT2D eigenvalue weighted by Crippen LogP contribution is -1.99. The van der Waals surface area contributed by atoms with Gasteiger partial charge in [-0.2, -0.15) is 0 Å². The van der Waals surface area contributed by atoms with E-state index >= 15 is 0 Å². The van der Waals surface area contributed by atoms with Gasteiger partial charge >= 0.3 is 5.97 Å². The number of esters is 1. The van der Waals surface area contributed by atoms with Crippen LogP contribution in [0.4, 0.5) is 5.69 Å². The lowest BCUT2D eigenvalue weighted by atomic mass is 10.2. The van der Waals surface area contributed by atoms with Crippen LogP contribution in [-0.4, -0.2) is 17.5 Å². The highest BCUT2D eigenvalue weighted by atomic mass is 35.5. The molecule has 1 aromatic rings. The van der Waals surface area contributed by atoms with E-state index in [4.69, 9.17) is 11.6 Å². The molecule has 0 aromatic heterocycles. The quantitative estimate of drug-likeness (QED) is 0.359. The monoisotopic (exact) mass is 255 g/mol. The number of nitro groups is 1. The van der Waals surface area contributed by atoms with Crippen LogP contribution in [-0.2, 0) is 9.53 Å². The van der Waals surface area contributed by atoms with Gasteiger partial charge < -0.3 is 4.74 Å². The van der Waals surface area contributed by atoms with Crippen molar-refractivity contribution in [3.05, 3.63) is 46.0 Å². The summed E-state index contributed by atoms with van der Waals surface area (Å²) < 4.78 is 4.68. The molecule has 0 spiro atoms. The van der Waals surface area contributed by atoms with Crippen molar-refractivity contribution < 1.29 is 14.5 Å². The summed E-state index contributed by atoms with van der Waals surface area (Å²) in [5.74, 6) is -0.580. The van der Waals surface area contributed by atoms with E-state index in [1.54, 1.807) is 13.0 Å². The first kappa shape index (κ1) is 13.2. The van der Waals surface area contributed by atoms with E-state index < -0.39 is 10.9 Å². The van der Waals surface area contributed by atoms with Crippen LogP contribution in [0.3, 0.4) is 0 Å². The molecule has 0 amide bonds. The molecule has 0 aliphatic carbocycles. The number of nitro benzene ring substituents is 1. The Morgan fingerprint density at radius 1 is 1.59 bits per heavy atom. The van der Waals surface area contributed by atoms with Crippen molar-refractivity contribution in [2.75, 3.05) is 6.61 Å². The fraction of sp³-hybridized carbons (Fsp3) is 0.182. The van der Waals surface area contributed by atoms with Gasteiger partial charge in [0, 0.05) is 23.8 Å². The second-order valence-corrected chi connectivity index (χ2v) is 3.46. The maximum Gasteiger partial charge on any atom is 0.332 e. The number of benzene rings is 1. The first-order chi connectivity index (χ1) is 8.04. The van der Waals surface area contributed by atoms with Crippen molar-refractivity contribution in [3.8, 4) is 0 Å². The molecular weight excluding hydrogens is 246 g/mol. The standard InChI is InChI=1S/C11H10ClNO4/c1-2-17-11(14)7-10(12)8-4-3-5-9(6-8)13(15)16/h3-7H,2H2,1H3. The number of halogens is 1. The molecule has 0 radical (unpaired) electrons. The van der Waals surface area contributed by atoms with Crippen LogP contribution in [0.1, 0.15) is 12.5 Å². The number of ether oxygens (including phenoxy) is 1. The van der Waals surface area contributed by atoms with Crippen LogP contribution in [0.2, 0.25) is 0 Å². The molecule has 0 saturated heterocycles. The Hall–Kier alpha value is -1.88. The summed E-state index contributed by atoms with van der Waals surface area (Å²) in [7, 11) is 0. The van der Waals surface area contributed by atoms with Gasteiger partial charge in [0.1, 0.15) is 0 Å². The summed E-state index contributed by atoms with van der Waals surface area (Å²) >= 11 is 5.85. The summed E-state index contributed by atoms with van der Waals surface area (Å²) in [5.41, 5.74) is 0.312. The molecule has 0 aliphatic heterocycles. The summed E-state index contributed by atoms with van der Waals surface area (Å²) in [5, 5.41) is 10.7. The van der Waals surface area contributed by atoms with E-state index in [0.29, 0.717) is 5.56 Å². The molecule has 0 N–H and O–H groups in total. The molecular formula is C11H10ClNO4. The van der Waals surface area contributed by atoms with Crippen molar-refractivity contribution >= 4 is 28.3 Å². The molecule has 17 heavy (non-hydrogen) atoms. The summed E-state index contributed by atoms with van der Waals surface area (Å²) in [6, 6.07) is 5.70. The predicted molar refractivity (Wildman–Crippen MR) is 63.6 cm³/mol. The number of carbonyl (C=O) groups excluding carboxylic acids is 1. The fourth-order valence-corrected chi connectivity index (χ4v) is 1.35. The van der Waals surface area contributed by atoms with Crippen molar-refractivity contribution in [2.24, 2.45) is 0 Å². The van der Waals surface area contributed by atoms with Gasteiger partial charge in [-0.05, 0) is 6.92 Å². The van der Waals surface area contributed by atoms with Gasteiger partial charge in [-0.25, -0.2) is 4.79 Å². The zero-order valence-corrected chi connectivity index (χ0v) is 9.81. The Labute approximate surface area is 103 Å². The molecule has 0 unspecified atom stereocenters. The largest absolute Gasteiger partial charge is 0.463 e. The first-order valence-electron chi connectivity index (χ1n) is 4.83. The number of hydrogen-bond acceptors (Lipinski definition) is 4. The Morgan fingerprint density at radius 2 is 2.29 bits per heavy atom. The minimum Gasteiger partial charge on any atom is -0.463 e. The fourth-order valence-electron chi connectivity index (χ4n) is 1.14. The summed E-state index contributed by atoms with van der Waals surface area (Å²) in [4.78, 5) is 21.2. The molecule has 5 nitrogen and oxygen atoms in total. The lowest BCUT2D eigenvalue weighted by Gasteiger charge is -2.00. The summed E-state index contributed by atoms with van der Waals surface area (Å²) in [6.45, 7) is 1.92. The molecule has 1 aromatic carbocycles. The van der Waals surface area contributed by atoms with E-state index in [9.17, 15) is 14.9 Å². The van der Waals surface area contributed by atoms with Gasteiger partial charge in [0.15, 0.2) is 0 Å². The van der Waals surface area contributed by atoms with Crippen LogP contribution in [0.5, 0.6) is 0 Å². The highest BCUT2D eigenvalue weighted by molar-refractivity contribution is 6.50. The van der Waals surface area contributed by atoms with Crippen molar-refractivity contribution in [2.45, 2.75) is 6.92 Å². The van der Waals surface area contributed by atoms with Crippen molar-refractivity contribution in [1.29, 1.82) is 0 Å². The highest BCUT2D eigenvalue weighted by Gasteiger charge is 2.08. The smallest absolute Gasteiger partial charge is 0.332 e. The SMILES string of the molecule is CCOC(=O)C=C(Cl)c1cccc([N+](=O)[O-])c1. The van der Waals surface area contributed by atoms with Crippen LogP contribution in [0.15, 0.2) is 30.3 Å². The van der Waals surface area contributed by atoms with Crippen molar-refractivity contribution in [3.63, 3.8) is 0 Å². The van der Waals surface area contributed by atoms with Crippen LogP contribution in [0, 0.1) is 10.1 Å². The topological polar surface area (TPSA) is 69.4 Å². The zero-order valence-electron chi connectivity index (χ0n) is 9.05. The second-order valence-electron chi connectivity index (χ2n) is 3.05. The second kappa shape index (κ2) is 6.00. The Balaban J connectivity index is 2.96. The van der Waals surface area contributed by atoms with E-state index in [2.05, 4.69) is 4.74 Å². The highest BCUT2D eigenvalue weighted by Crippen LogP contribution is 2.23. The van der Waals surface area contributed by atoms with E-state index in [1.807, 2.05) is 0 Å². The van der Waals surface area contributed by atoms with Gasteiger partial charge in [0.2, 0.25) is 0 Å². The third-order valence-electron chi connectivity index (χ3n) is 1.86. The maximum atomic E-state index is 11.1. The van der Waals surface area contributed by atoms with Gasteiger partial charge in [0.05, 0.1) is 16.6 Å². The Morgan fingerprint density at radius 3 is 2.88 bits per heavy atom. The average molecular weight is 256 g/mol. The van der Waals surface area contributed by atoms with Gasteiger partial charge in [-0.15, -0.1) is 0 Å². The molecule has 6 heteroatoms. The molecule has 0 aliphatic rings. The van der Waals surface area contributed by atoms with E-state index in [1.165, 1.54) is 18.2 Å². The first-order valence-corrected chi connectivity index (χ1v) is 5.21. The van der Waals surface area contributed by atoms with Crippen LogP contribution < -0.4 is 0 Å². The molecule has 0 saturated carbocycles. The molecule has 0 atom stereocenters. The van der Waals surface area contributed by atoms with Gasteiger partial charge in [-0.1, -0.05) is 23.7 Å². The Bertz CT molecular complexity index is 470. The van der Waals surface area contributed by atoms with Gasteiger partial charge in [-0.3, -0.25) is 10.1 Å². The predicted octanol–water partition coefficient (Wildman–Crippen LogP) is 2.74. The minimum atomic E-state index is -0.580. The third kappa shape index (κ3) is 3.88. The number of hydrogen-bond donors (Lipinski definition) is 0. The Kier molecular flexibility index (Phi) is 4.66. The minimum absolute atomic E-state index is 0.0853. The van der Waals surface area contributed by atoms with Crippen LogP contribution in [0.25, 0.3) is 5.03 Å². The molecule has 0 fully saturated rings. The van der Waals surface area contributed by atoms with Crippen LogP contribution >= 0.6 is 11.6 Å². The molecule has 90 valence electrons. The number of nitrogens with zero attached hydrogens (tertiary/aromatic N) is 1. The number of rotatable bonds is 4. The maximum absolute atomic E-state index is 11.1. The molecule has 0 heterocycles. The summed E-state index contributed by atoms with van der Waals surface area (Å²) in [6.07, 6.45) is 1.09. The van der Waals surface area contributed by atoms with Crippen molar-refractivity contribution in [1.82, 2.24) is 0 Å². The zero-order chi connectivity index (χ0) is 12.8. The lowest BCUT2D eigenvalue weighted by molar-refractivity contribution is -0.384. The van der Waals surface area contributed by atoms with E-state index in [0.717, 1.165) is 6.08 Å². The molecule has 0 bridgehead atoms. The van der Waals surface area contributed by atoms with Gasteiger partial charge in [0.25, 0.3) is 5.69 Å². The molecule has 1 rings (SSSR count). The number of non-ortho nitro benzene ring substituents is 1.